The number of aromatic nitrogens is 6. The topological polar surface area (TPSA) is 105 Å². The van der Waals surface area contributed by atoms with Crippen molar-refractivity contribution < 1.29 is 13.6 Å². The summed E-state index contributed by atoms with van der Waals surface area (Å²) in [5.74, 6) is -0.367. The number of carbonyl (C=O) groups is 1. The Balaban J connectivity index is 1.43. The lowest BCUT2D eigenvalue weighted by Crippen LogP contribution is -2.41. The molecule has 1 atom stereocenters. The van der Waals surface area contributed by atoms with E-state index in [1.165, 1.54) is 32.3 Å². The molecule has 6 rings (SSSR count). The third kappa shape index (κ3) is 3.01. The third-order valence-corrected chi connectivity index (χ3v) is 6.15. The number of rotatable bonds is 4. The molecule has 0 unspecified atom stereocenters. The van der Waals surface area contributed by atoms with Gasteiger partial charge in [0.1, 0.15) is 6.04 Å². The highest BCUT2D eigenvalue weighted by Gasteiger charge is 2.39. The summed E-state index contributed by atoms with van der Waals surface area (Å²) in [6.45, 7) is 3.03. The number of H-pyrrole nitrogens is 1. The van der Waals surface area contributed by atoms with Crippen LogP contribution in [0.25, 0.3) is 5.52 Å². The molecule has 164 valence electrons. The Labute approximate surface area is 182 Å². The Morgan fingerprint density at radius 1 is 1.31 bits per heavy atom. The van der Waals surface area contributed by atoms with E-state index in [2.05, 4.69) is 26.2 Å². The number of aromatic amines is 1. The molecule has 0 bridgehead atoms. The monoisotopic (exact) mass is 435 g/mol. The van der Waals surface area contributed by atoms with Crippen LogP contribution in [0.15, 0.2) is 35.1 Å². The number of alkyl halides is 1. The number of carbonyl (C=O) groups excluding carboxylic acids is 1. The maximum Gasteiger partial charge on any atom is 0.312 e. The average molecular weight is 435 g/mol. The van der Waals surface area contributed by atoms with Crippen molar-refractivity contribution in [3.05, 3.63) is 65.1 Å². The van der Waals surface area contributed by atoms with Gasteiger partial charge in [-0.3, -0.25) is 4.79 Å². The zero-order chi connectivity index (χ0) is 22.0. The predicted molar refractivity (Wildman–Crippen MR) is 111 cm³/mol. The van der Waals surface area contributed by atoms with Gasteiger partial charge in [0.05, 0.1) is 23.2 Å². The molecular weight excluding hydrogens is 413 g/mol. The molecule has 1 aliphatic carbocycles. The molecule has 0 aromatic carbocycles. The summed E-state index contributed by atoms with van der Waals surface area (Å²) < 4.78 is 21.5. The minimum atomic E-state index is -1.83. The van der Waals surface area contributed by atoms with Crippen LogP contribution in [0.3, 0.4) is 0 Å². The molecule has 0 radical (unpaired) electrons. The van der Waals surface area contributed by atoms with Crippen LogP contribution in [0.2, 0.25) is 0 Å². The van der Waals surface area contributed by atoms with Gasteiger partial charge in [0, 0.05) is 24.9 Å². The second kappa shape index (κ2) is 6.72. The highest BCUT2D eigenvalue weighted by molar-refractivity contribution is 5.90. The fourth-order valence-electron chi connectivity index (χ4n) is 4.40. The molecule has 1 fully saturated rings. The standard InChI is InChI=1S/C22H22FN7O2/c1-22(2,23)21-27-26-19(32-21)20(31)29-9-7-14-17(25-11-24-14)18(29)15-10-16-13(12-5-6-12)4-3-8-30(16)28-15/h3-4,8,10-12,18H,5-7,9H2,1-2H3,(H,24,25)/t18-/m1/s1. The van der Waals surface area contributed by atoms with Gasteiger partial charge < -0.3 is 14.3 Å². The maximum absolute atomic E-state index is 14.2. The van der Waals surface area contributed by atoms with Gasteiger partial charge in [0.2, 0.25) is 0 Å². The van der Waals surface area contributed by atoms with Crippen LogP contribution in [0, 0.1) is 0 Å². The van der Waals surface area contributed by atoms with Gasteiger partial charge in [-0.2, -0.15) is 5.10 Å². The molecule has 1 amide bonds. The zero-order valence-electron chi connectivity index (χ0n) is 17.7. The Hall–Kier alpha value is -3.56. The lowest BCUT2D eigenvalue weighted by atomic mass is 9.99. The molecule has 0 spiro atoms. The van der Waals surface area contributed by atoms with E-state index < -0.39 is 17.6 Å². The lowest BCUT2D eigenvalue weighted by molar-refractivity contribution is 0.0636. The molecule has 2 aliphatic rings. The summed E-state index contributed by atoms with van der Waals surface area (Å²) in [4.78, 5) is 22.7. The molecular formula is C22H22FN7O2. The third-order valence-electron chi connectivity index (χ3n) is 6.15. The average Bonchev–Trinajstić information content (AvgIpc) is 3.18. The van der Waals surface area contributed by atoms with Crippen molar-refractivity contribution in [2.24, 2.45) is 0 Å². The van der Waals surface area contributed by atoms with Crippen molar-refractivity contribution in [2.75, 3.05) is 6.54 Å². The van der Waals surface area contributed by atoms with Gasteiger partial charge in [-0.25, -0.2) is 13.9 Å². The first kappa shape index (κ1) is 19.1. The highest BCUT2D eigenvalue weighted by atomic mass is 19.1. The number of hydrogen-bond acceptors (Lipinski definition) is 6. The first-order chi connectivity index (χ1) is 15.4. The number of fused-ring (bicyclic) bond motifs is 2. The van der Waals surface area contributed by atoms with E-state index in [1.54, 1.807) is 11.2 Å². The number of imidazole rings is 1. The van der Waals surface area contributed by atoms with E-state index in [9.17, 15) is 9.18 Å². The van der Waals surface area contributed by atoms with Crippen molar-refractivity contribution in [3.8, 4) is 0 Å². The molecule has 0 saturated heterocycles. The first-order valence-electron chi connectivity index (χ1n) is 10.7. The molecule has 4 aromatic rings. The molecule has 1 aliphatic heterocycles. The van der Waals surface area contributed by atoms with Crippen LogP contribution in [-0.4, -0.2) is 47.1 Å². The number of amides is 1. The Bertz CT molecular complexity index is 1330. The van der Waals surface area contributed by atoms with Crippen molar-refractivity contribution in [2.45, 2.75) is 50.7 Å². The largest absolute Gasteiger partial charge is 0.413 e. The second-order valence-electron chi connectivity index (χ2n) is 8.94. The molecule has 10 heteroatoms. The summed E-state index contributed by atoms with van der Waals surface area (Å²) >= 11 is 0. The zero-order valence-corrected chi connectivity index (χ0v) is 17.7. The molecule has 32 heavy (non-hydrogen) atoms. The lowest BCUT2D eigenvalue weighted by Gasteiger charge is -2.32. The predicted octanol–water partition coefficient (Wildman–Crippen LogP) is 3.31. The van der Waals surface area contributed by atoms with E-state index in [0.717, 1.165) is 16.9 Å². The van der Waals surface area contributed by atoms with Crippen molar-refractivity contribution in [3.63, 3.8) is 0 Å². The van der Waals surface area contributed by atoms with Crippen molar-refractivity contribution >= 4 is 11.4 Å². The minimum absolute atomic E-state index is 0.225. The van der Waals surface area contributed by atoms with E-state index in [0.29, 0.717) is 24.6 Å². The number of pyridine rings is 1. The van der Waals surface area contributed by atoms with E-state index in [1.807, 2.05) is 22.8 Å². The van der Waals surface area contributed by atoms with Crippen molar-refractivity contribution in [1.82, 2.24) is 34.7 Å². The number of halogens is 1. The summed E-state index contributed by atoms with van der Waals surface area (Å²) in [6.07, 6.45) is 6.52. The number of hydrogen-bond donors (Lipinski definition) is 1. The molecule has 9 nitrogen and oxygen atoms in total. The molecule has 4 aromatic heterocycles. The smallest absolute Gasteiger partial charge is 0.312 e. The quantitative estimate of drug-likeness (QED) is 0.527. The van der Waals surface area contributed by atoms with Gasteiger partial charge >= 0.3 is 11.8 Å². The summed E-state index contributed by atoms with van der Waals surface area (Å²) in [5, 5.41) is 12.3. The fourth-order valence-corrected chi connectivity index (χ4v) is 4.40. The normalized spacial score (nSPS) is 18.8. The van der Waals surface area contributed by atoms with E-state index in [4.69, 9.17) is 9.52 Å². The van der Waals surface area contributed by atoms with Gasteiger partial charge in [0.25, 0.3) is 5.89 Å². The van der Waals surface area contributed by atoms with Gasteiger partial charge in [-0.05, 0) is 50.3 Å². The minimum Gasteiger partial charge on any atom is -0.413 e. The Morgan fingerprint density at radius 2 is 2.16 bits per heavy atom. The number of nitrogens with one attached hydrogen (secondary N) is 1. The molecule has 1 saturated carbocycles. The first-order valence-corrected chi connectivity index (χ1v) is 10.7. The van der Waals surface area contributed by atoms with Gasteiger partial charge in [-0.1, -0.05) is 6.07 Å². The van der Waals surface area contributed by atoms with Crippen LogP contribution >= 0.6 is 0 Å². The van der Waals surface area contributed by atoms with Gasteiger partial charge in [-0.15, -0.1) is 10.2 Å². The van der Waals surface area contributed by atoms with E-state index in [-0.39, 0.29) is 11.8 Å². The second-order valence-corrected chi connectivity index (χ2v) is 8.94. The van der Waals surface area contributed by atoms with Crippen molar-refractivity contribution in [1.29, 1.82) is 0 Å². The Morgan fingerprint density at radius 3 is 2.91 bits per heavy atom. The summed E-state index contributed by atoms with van der Waals surface area (Å²) in [6, 6.07) is 5.66. The van der Waals surface area contributed by atoms with Crippen LogP contribution in [0.5, 0.6) is 0 Å². The highest BCUT2D eigenvalue weighted by Crippen LogP contribution is 2.43. The molecule has 1 N–H and O–H groups in total. The van der Waals surface area contributed by atoms with Crippen LogP contribution in [-0.2, 0) is 12.1 Å². The maximum atomic E-state index is 14.2. The summed E-state index contributed by atoms with van der Waals surface area (Å²) in [5.41, 5.74) is 2.91. The SMILES string of the molecule is CC(C)(F)c1nnc(C(=O)N2CCc3[nH]cnc3[C@H]2c2cc3c(C4CC4)cccn3n2)o1. The van der Waals surface area contributed by atoms with Crippen LogP contribution < -0.4 is 0 Å². The molecule has 5 heterocycles. The van der Waals surface area contributed by atoms with Gasteiger partial charge in [0.15, 0.2) is 5.67 Å². The Kier molecular flexibility index (Phi) is 4.02. The fraction of sp³-hybridized carbons (Fsp3) is 0.409. The number of nitrogens with zero attached hydrogens (tertiary/aromatic N) is 6. The van der Waals surface area contributed by atoms with Crippen LogP contribution in [0.1, 0.15) is 77.9 Å². The summed E-state index contributed by atoms with van der Waals surface area (Å²) in [7, 11) is 0. The van der Waals surface area contributed by atoms with Crippen LogP contribution in [0.4, 0.5) is 4.39 Å². The van der Waals surface area contributed by atoms with E-state index >= 15 is 0 Å².